The quantitative estimate of drug-likeness (QED) is 0.745. The Bertz CT molecular complexity index is 849. The highest BCUT2D eigenvalue weighted by Crippen LogP contribution is 2.30. The summed E-state index contributed by atoms with van der Waals surface area (Å²) in [5.74, 6) is 0.578. The van der Waals surface area contributed by atoms with Crippen molar-refractivity contribution < 1.29 is 9.53 Å². The highest BCUT2D eigenvalue weighted by Gasteiger charge is 2.31. The summed E-state index contributed by atoms with van der Waals surface area (Å²) in [6.45, 7) is 5.83. The van der Waals surface area contributed by atoms with Crippen molar-refractivity contribution in [2.75, 3.05) is 39.8 Å². The summed E-state index contributed by atoms with van der Waals surface area (Å²) < 4.78 is 7.65. The number of rotatable bonds is 6. The van der Waals surface area contributed by atoms with Crippen molar-refractivity contribution in [1.82, 2.24) is 19.6 Å². The Morgan fingerprint density at radius 3 is 2.82 bits per heavy atom. The van der Waals surface area contributed by atoms with Crippen molar-refractivity contribution in [1.29, 1.82) is 0 Å². The second kappa shape index (κ2) is 8.23. The summed E-state index contributed by atoms with van der Waals surface area (Å²) >= 11 is 6.32. The van der Waals surface area contributed by atoms with E-state index in [9.17, 15) is 4.79 Å². The smallest absolute Gasteiger partial charge is 0.274 e. The van der Waals surface area contributed by atoms with Crippen LogP contribution in [0.3, 0.4) is 0 Å². The van der Waals surface area contributed by atoms with E-state index in [1.165, 1.54) is 12.8 Å². The predicted molar refractivity (Wildman–Crippen MR) is 109 cm³/mol. The van der Waals surface area contributed by atoms with E-state index < -0.39 is 0 Å². The Kier molecular flexibility index (Phi) is 5.71. The topological polar surface area (TPSA) is 50.6 Å². The zero-order chi connectivity index (χ0) is 19.7. The van der Waals surface area contributed by atoms with E-state index in [4.69, 9.17) is 16.3 Å². The van der Waals surface area contributed by atoms with Crippen molar-refractivity contribution in [3.05, 3.63) is 46.7 Å². The number of morpholine rings is 1. The molecule has 1 saturated carbocycles. The molecule has 2 fully saturated rings. The van der Waals surface area contributed by atoms with Gasteiger partial charge in [-0.15, -0.1) is 0 Å². The van der Waals surface area contributed by atoms with Gasteiger partial charge >= 0.3 is 0 Å². The molecule has 1 aliphatic carbocycles. The lowest BCUT2D eigenvalue weighted by Gasteiger charge is -2.33. The SMILES string of the molecule is Cc1cc(C(=O)N(CC2CC2)CC2CN(C)CCO2)nn1-c1ccccc1Cl. The number of aromatic nitrogens is 2. The third kappa shape index (κ3) is 4.40. The minimum atomic E-state index is -0.0300. The van der Waals surface area contributed by atoms with Gasteiger partial charge in [0.05, 0.1) is 23.4 Å². The van der Waals surface area contributed by atoms with Crippen molar-refractivity contribution in [2.45, 2.75) is 25.9 Å². The molecule has 1 aromatic carbocycles. The monoisotopic (exact) mass is 402 g/mol. The van der Waals surface area contributed by atoms with E-state index in [2.05, 4.69) is 17.0 Å². The standard InChI is InChI=1S/C21H27ClN4O2/c1-15-11-19(23-26(15)20-6-4-3-5-18(20)22)21(27)25(12-16-7-8-16)14-17-13-24(2)9-10-28-17/h3-6,11,16-17H,7-10,12-14H2,1-2H3. The Hall–Kier alpha value is -1.89. The fraction of sp³-hybridized carbons (Fsp3) is 0.524. The highest BCUT2D eigenvalue weighted by molar-refractivity contribution is 6.32. The zero-order valence-electron chi connectivity index (χ0n) is 16.5. The number of amides is 1. The van der Waals surface area contributed by atoms with Gasteiger partial charge in [0.15, 0.2) is 5.69 Å². The largest absolute Gasteiger partial charge is 0.374 e. The molecule has 7 heteroatoms. The Morgan fingerprint density at radius 2 is 2.11 bits per heavy atom. The molecule has 2 aliphatic rings. The number of ether oxygens (including phenoxy) is 1. The van der Waals surface area contributed by atoms with Gasteiger partial charge in [0.25, 0.3) is 5.91 Å². The normalized spacial score (nSPS) is 20.3. The van der Waals surface area contributed by atoms with E-state index in [1.54, 1.807) is 4.68 Å². The first-order valence-corrected chi connectivity index (χ1v) is 10.3. The first kappa shape index (κ1) is 19.4. The molecule has 2 aromatic rings. The van der Waals surface area contributed by atoms with Crippen LogP contribution in [0.2, 0.25) is 5.02 Å². The molecule has 1 atom stereocenters. The predicted octanol–water partition coefficient (Wildman–Crippen LogP) is 3.02. The van der Waals surface area contributed by atoms with Crippen molar-refractivity contribution in [3.63, 3.8) is 0 Å². The average molecular weight is 403 g/mol. The van der Waals surface area contributed by atoms with Crippen molar-refractivity contribution in [3.8, 4) is 5.69 Å². The third-order valence-electron chi connectivity index (χ3n) is 5.42. The molecule has 0 N–H and O–H groups in total. The minimum absolute atomic E-state index is 0.0300. The number of para-hydroxylation sites is 1. The van der Waals surface area contributed by atoms with Gasteiger partial charge in [-0.1, -0.05) is 23.7 Å². The van der Waals surface area contributed by atoms with Crippen molar-refractivity contribution in [2.24, 2.45) is 5.92 Å². The maximum atomic E-state index is 13.3. The number of carbonyl (C=O) groups excluding carboxylic acids is 1. The second-order valence-corrected chi connectivity index (χ2v) is 8.35. The number of likely N-dealkylation sites (N-methyl/N-ethyl adjacent to an activating group) is 1. The van der Waals surface area contributed by atoms with Crippen molar-refractivity contribution >= 4 is 17.5 Å². The zero-order valence-corrected chi connectivity index (χ0v) is 17.2. The van der Waals surface area contributed by atoms with Gasteiger partial charge in [-0.3, -0.25) is 4.79 Å². The van der Waals surface area contributed by atoms with Gasteiger partial charge in [0.1, 0.15) is 0 Å². The Balaban J connectivity index is 1.55. The fourth-order valence-corrected chi connectivity index (χ4v) is 3.90. The molecule has 0 spiro atoms. The molecule has 6 nitrogen and oxygen atoms in total. The van der Waals surface area contributed by atoms with Crippen LogP contribution in [-0.2, 0) is 4.74 Å². The highest BCUT2D eigenvalue weighted by atomic mass is 35.5. The minimum Gasteiger partial charge on any atom is -0.374 e. The molecule has 4 rings (SSSR count). The summed E-state index contributed by atoms with van der Waals surface area (Å²) in [6, 6.07) is 9.38. The van der Waals surface area contributed by atoms with E-state index in [0.29, 0.717) is 29.8 Å². The van der Waals surface area contributed by atoms with Crippen LogP contribution in [0.25, 0.3) is 5.69 Å². The van der Waals surface area contributed by atoms with Crippen LogP contribution in [0.5, 0.6) is 0 Å². The van der Waals surface area contributed by atoms with Crippen LogP contribution in [0, 0.1) is 12.8 Å². The Labute approximate surface area is 171 Å². The second-order valence-electron chi connectivity index (χ2n) is 7.94. The van der Waals surface area contributed by atoms with Gasteiger partial charge in [0.2, 0.25) is 0 Å². The molecular formula is C21H27ClN4O2. The first-order valence-electron chi connectivity index (χ1n) is 9.92. The molecule has 1 saturated heterocycles. The summed E-state index contributed by atoms with van der Waals surface area (Å²) in [6.07, 6.45) is 2.44. The number of aryl methyl sites for hydroxylation is 1. The van der Waals surface area contributed by atoms with Gasteiger partial charge in [-0.2, -0.15) is 5.10 Å². The van der Waals surface area contributed by atoms with E-state index in [1.807, 2.05) is 42.2 Å². The number of nitrogens with zero attached hydrogens (tertiary/aromatic N) is 4. The molecule has 1 amide bonds. The van der Waals surface area contributed by atoms with Crippen LogP contribution in [0.15, 0.2) is 30.3 Å². The summed E-state index contributed by atoms with van der Waals surface area (Å²) in [5, 5.41) is 5.20. The molecule has 1 unspecified atom stereocenters. The summed E-state index contributed by atoms with van der Waals surface area (Å²) in [7, 11) is 2.09. The first-order chi connectivity index (χ1) is 13.5. The summed E-state index contributed by atoms with van der Waals surface area (Å²) in [4.78, 5) is 17.5. The molecule has 28 heavy (non-hydrogen) atoms. The van der Waals surface area contributed by atoms with Gasteiger partial charge < -0.3 is 14.5 Å². The number of halogens is 1. The van der Waals surface area contributed by atoms with Crippen LogP contribution in [0.4, 0.5) is 0 Å². The number of hydrogen-bond acceptors (Lipinski definition) is 4. The van der Waals surface area contributed by atoms with Gasteiger partial charge in [-0.25, -0.2) is 4.68 Å². The molecule has 150 valence electrons. The van der Waals surface area contributed by atoms with E-state index in [-0.39, 0.29) is 12.0 Å². The lowest BCUT2D eigenvalue weighted by molar-refractivity contribution is -0.0332. The van der Waals surface area contributed by atoms with E-state index >= 15 is 0 Å². The number of carbonyl (C=O) groups is 1. The maximum Gasteiger partial charge on any atom is 0.274 e. The molecule has 2 heterocycles. The van der Waals surface area contributed by atoms with Crippen LogP contribution < -0.4 is 0 Å². The molecule has 1 aromatic heterocycles. The maximum absolute atomic E-state index is 13.3. The number of benzene rings is 1. The number of hydrogen-bond donors (Lipinski definition) is 0. The third-order valence-corrected chi connectivity index (χ3v) is 5.74. The average Bonchev–Trinajstić information content (AvgIpc) is 3.41. The molecule has 0 radical (unpaired) electrons. The summed E-state index contributed by atoms with van der Waals surface area (Å²) in [5.41, 5.74) is 2.13. The van der Waals surface area contributed by atoms with Gasteiger partial charge in [0, 0.05) is 31.9 Å². The molecular weight excluding hydrogens is 376 g/mol. The van der Waals surface area contributed by atoms with Gasteiger partial charge in [-0.05, 0) is 50.9 Å². The Morgan fingerprint density at radius 1 is 1.32 bits per heavy atom. The van der Waals surface area contributed by atoms with Crippen LogP contribution in [0.1, 0.15) is 29.0 Å². The molecule has 1 aliphatic heterocycles. The van der Waals surface area contributed by atoms with E-state index in [0.717, 1.165) is 31.0 Å². The molecule has 0 bridgehead atoms. The lowest BCUT2D eigenvalue weighted by Crippen LogP contribution is -2.48. The van der Waals surface area contributed by atoms with Crippen LogP contribution in [-0.4, -0.2) is 71.4 Å². The fourth-order valence-electron chi connectivity index (χ4n) is 3.68. The lowest BCUT2D eigenvalue weighted by atomic mass is 10.2. The van der Waals surface area contributed by atoms with Crippen LogP contribution >= 0.6 is 11.6 Å².